The van der Waals surface area contributed by atoms with Crippen LogP contribution in [0.1, 0.15) is 27.0 Å². The molecule has 0 radical (unpaired) electrons. The minimum absolute atomic E-state index is 0.122. The van der Waals surface area contributed by atoms with E-state index in [1.807, 2.05) is 0 Å². The van der Waals surface area contributed by atoms with Crippen molar-refractivity contribution in [2.75, 3.05) is 26.3 Å². The van der Waals surface area contributed by atoms with E-state index in [-0.39, 0.29) is 23.3 Å². The van der Waals surface area contributed by atoms with Gasteiger partial charge in [0.25, 0.3) is 5.91 Å². The van der Waals surface area contributed by atoms with Crippen LogP contribution in [-0.4, -0.2) is 50.8 Å². The molecule has 10 heteroatoms. The van der Waals surface area contributed by atoms with Gasteiger partial charge in [0.05, 0.1) is 29.5 Å². The molecule has 3 rings (SSSR count). The maximum atomic E-state index is 12.6. The summed E-state index contributed by atoms with van der Waals surface area (Å²) in [5, 5.41) is 5.52. The highest BCUT2D eigenvalue weighted by Crippen LogP contribution is 2.19. The number of nitrogens with one attached hydrogen (secondary N) is 2. The summed E-state index contributed by atoms with van der Waals surface area (Å²) in [4.78, 5) is 24.9. The molecule has 1 saturated heterocycles. The lowest BCUT2D eigenvalue weighted by Crippen LogP contribution is -2.40. The van der Waals surface area contributed by atoms with Crippen LogP contribution in [0.15, 0.2) is 41.3 Å². The molecule has 1 aliphatic rings. The topological polar surface area (TPSA) is 105 Å². The van der Waals surface area contributed by atoms with Crippen molar-refractivity contribution in [2.45, 2.75) is 24.9 Å². The average Bonchev–Trinajstić information content (AvgIpc) is 3.21. The van der Waals surface area contributed by atoms with Gasteiger partial charge in [-0.25, -0.2) is 8.42 Å². The van der Waals surface area contributed by atoms with Crippen molar-refractivity contribution in [1.82, 2.24) is 14.9 Å². The predicted molar refractivity (Wildman–Crippen MR) is 109 cm³/mol. The smallest absolute Gasteiger partial charge is 0.261 e. The first-order valence-corrected chi connectivity index (χ1v) is 11.4. The van der Waals surface area contributed by atoms with Gasteiger partial charge in [0.1, 0.15) is 0 Å². The zero-order valence-corrected chi connectivity index (χ0v) is 17.6. The summed E-state index contributed by atoms with van der Waals surface area (Å²) in [5.41, 5.74) is 0.800. The normalized spacial score (nSPS) is 15.1. The van der Waals surface area contributed by atoms with E-state index >= 15 is 0 Å². The molecule has 2 heterocycles. The third-order valence-corrected chi connectivity index (χ3v) is 7.38. The van der Waals surface area contributed by atoms with Crippen molar-refractivity contribution in [3.63, 3.8) is 0 Å². The minimum atomic E-state index is -3.52. The predicted octanol–water partition coefficient (Wildman–Crippen LogP) is 1.34. The Hall–Kier alpha value is -2.27. The van der Waals surface area contributed by atoms with E-state index < -0.39 is 10.0 Å². The second-order valence-electron chi connectivity index (χ2n) is 6.52. The Morgan fingerprint density at radius 3 is 2.38 bits per heavy atom. The Kier molecular flexibility index (Phi) is 7.01. The van der Waals surface area contributed by atoms with Gasteiger partial charge in [-0.05, 0) is 29.8 Å². The Morgan fingerprint density at radius 2 is 1.72 bits per heavy atom. The molecule has 29 heavy (non-hydrogen) atoms. The highest BCUT2D eigenvalue weighted by Gasteiger charge is 2.26. The molecule has 0 unspecified atom stereocenters. The van der Waals surface area contributed by atoms with Crippen LogP contribution in [0.4, 0.5) is 0 Å². The first-order valence-electron chi connectivity index (χ1n) is 9.14. The van der Waals surface area contributed by atoms with E-state index in [0.717, 1.165) is 10.4 Å². The summed E-state index contributed by atoms with van der Waals surface area (Å²) >= 11 is 1.32. The van der Waals surface area contributed by atoms with Gasteiger partial charge in [0, 0.05) is 31.4 Å². The molecule has 2 amide bonds. The lowest BCUT2D eigenvalue weighted by atomic mass is 10.2. The van der Waals surface area contributed by atoms with Gasteiger partial charge in [-0.3, -0.25) is 9.59 Å². The first-order chi connectivity index (χ1) is 13.9. The van der Waals surface area contributed by atoms with Gasteiger partial charge in [-0.15, -0.1) is 11.3 Å². The van der Waals surface area contributed by atoms with Gasteiger partial charge in [0.15, 0.2) is 0 Å². The number of amides is 2. The van der Waals surface area contributed by atoms with Gasteiger partial charge in [-0.1, -0.05) is 12.1 Å². The maximum absolute atomic E-state index is 12.6. The molecular formula is C19H23N3O5S2. The van der Waals surface area contributed by atoms with E-state index in [2.05, 4.69) is 10.6 Å². The molecular weight excluding hydrogens is 414 g/mol. The number of thiophene rings is 1. The SMILES string of the molecule is CC(=O)NCc1ccc(C(=O)NCc2ccc(S(=O)(=O)N3CCOCC3)cc2)s1. The summed E-state index contributed by atoms with van der Waals surface area (Å²) in [6.07, 6.45) is 0. The van der Waals surface area contributed by atoms with Crippen LogP contribution in [0.3, 0.4) is 0 Å². The van der Waals surface area contributed by atoms with Crippen LogP contribution >= 0.6 is 11.3 Å². The number of ether oxygens (including phenoxy) is 1. The molecule has 156 valence electrons. The fourth-order valence-corrected chi connectivity index (χ4v) is 5.06. The van der Waals surface area contributed by atoms with Crippen molar-refractivity contribution >= 4 is 33.2 Å². The third-order valence-electron chi connectivity index (χ3n) is 4.38. The fourth-order valence-electron chi connectivity index (χ4n) is 2.79. The highest BCUT2D eigenvalue weighted by molar-refractivity contribution is 7.89. The number of morpholine rings is 1. The van der Waals surface area contributed by atoms with Gasteiger partial charge >= 0.3 is 0 Å². The number of carbonyl (C=O) groups excluding carboxylic acids is 2. The molecule has 0 aliphatic carbocycles. The first kappa shape index (κ1) is 21.4. The molecule has 8 nitrogen and oxygen atoms in total. The molecule has 1 aromatic heterocycles. The summed E-state index contributed by atoms with van der Waals surface area (Å²) in [6.45, 7) is 3.63. The van der Waals surface area contributed by atoms with Gasteiger partial charge in [0.2, 0.25) is 15.9 Å². The fraction of sp³-hybridized carbons (Fsp3) is 0.368. The largest absolute Gasteiger partial charge is 0.379 e. The lowest BCUT2D eigenvalue weighted by Gasteiger charge is -2.26. The second kappa shape index (κ2) is 9.49. The summed E-state index contributed by atoms with van der Waals surface area (Å²) < 4.78 is 31.9. The van der Waals surface area contributed by atoms with E-state index in [0.29, 0.717) is 37.7 Å². The number of hydrogen-bond donors (Lipinski definition) is 2. The van der Waals surface area contributed by atoms with Crippen molar-refractivity contribution in [1.29, 1.82) is 0 Å². The third kappa shape index (κ3) is 5.63. The van der Waals surface area contributed by atoms with Crippen LogP contribution in [0, 0.1) is 0 Å². The zero-order chi connectivity index (χ0) is 20.9. The van der Waals surface area contributed by atoms with Crippen LogP contribution in [0.25, 0.3) is 0 Å². The van der Waals surface area contributed by atoms with Crippen LogP contribution in [0.5, 0.6) is 0 Å². The van der Waals surface area contributed by atoms with E-state index in [4.69, 9.17) is 4.74 Å². The van der Waals surface area contributed by atoms with Crippen LogP contribution in [0.2, 0.25) is 0 Å². The number of hydrogen-bond acceptors (Lipinski definition) is 6. The van der Waals surface area contributed by atoms with Gasteiger partial charge in [-0.2, -0.15) is 4.31 Å². The maximum Gasteiger partial charge on any atom is 0.261 e. The number of benzene rings is 1. The summed E-state index contributed by atoms with van der Waals surface area (Å²) in [6, 6.07) is 10.0. The van der Waals surface area contributed by atoms with E-state index in [9.17, 15) is 18.0 Å². The van der Waals surface area contributed by atoms with Crippen LogP contribution in [-0.2, 0) is 32.6 Å². The molecule has 2 N–H and O–H groups in total. The van der Waals surface area contributed by atoms with Crippen molar-refractivity contribution in [3.05, 3.63) is 51.7 Å². The van der Waals surface area contributed by atoms with Crippen molar-refractivity contribution in [3.8, 4) is 0 Å². The monoisotopic (exact) mass is 437 g/mol. The Labute approximate surface area is 173 Å². The molecule has 0 atom stereocenters. The molecule has 0 bridgehead atoms. The summed E-state index contributed by atoms with van der Waals surface area (Å²) in [7, 11) is -3.52. The zero-order valence-electron chi connectivity index (χ0n) is 16.0. The molecule has 1 fully saturated rings. The Bertz CT molecular complexity index is 964. The van der Waals surface area contributed by atoms with E-state index in [1.54, 1.807) is 36.4 Å². The number of nitrogens with zero attached hydrogens (tertiary/aromatic N) is 1. The molecule has 0 saturated carbocycles. The molecule has 1 aliphatic heterocycles. The van der Waals surface area contributed by atoms with Crippen molar-refractivity contribution < 1.29 is 22.7 Å². The minimum Gasteiger partial charge on any atom is -0.379 e. The number of sulfonamides is 1. The molecule has 2 aromatic rings. The van der Waals surface area contributed by atoms with Crippen molar-refractivity contribution in [2.24, 2.45) is 0 Å². The average molecular weight is 438 g/mol. The Balaban J connectivity index is 1.56. The number of carbonyl (C=O) groups is 2. The molecule has 1 aromatic carbocycles. The Morgan fingerprint density at radius 1 is 1.03 bits per heavy atom. The second-order valence-corrected chi connectivity index (χ2v) is 9.63. The van der Waals surface area contributed by atoms with Crippen LogP contribution < -0.4 is 10.6 Å². The van der Waals surface area contributed by atoms with E-state index in [1.165, 1.54) is 22.6 Å². The lowest BCUT2D eigenvalue weighted by molar-refractivity contribution is -0.119. The quantitative estimate of drug-likeness (QED) is 0.680. The summed E-state index contributed by atoms with van der Waals surface area (Å²) in [5.74, 6) is -0.336. The molecule has 0 spiro atoms. The standard InChI is InChI=1S/C19H23N3O5S2/c1-14(23)20-13-16-4-7-18(28-16)19(24)21-12-15-2-5-17(6-3-15)29(25,26)22-8-10-27-11-9-22/h2-7H,8-13H2,1H3,(H,20,23)(H,21,24). The highest BCUT2D eigenvalue weighted by atomic mass is 32.2. The van der Waals surface area contributed by atoms with Gasteiger partial charge < -0.3 is 15.4 Å². The number of rotatable bonds is 7.